The quantitative estimate of drug-likeness (QED) is 0.688. The Kier molecular flexibility index (Phi) is 5.25. The molecule has 1 aliphatic heterocycles. The molecule has 0 saturated heterocycles. The molecule has 2 aliphatic rings. The van der Waals surface area contributed by atoms with Crippen molar-refractivity contribution in [2.45, 2.75) is 64.5 Å². The first-order chi connectivity index (χ1) is 14.7. The van der Waals surface area contributed by atoms with Gasteiger partial charge in [0.1, 0.15) is 5.82 Å². The molecule has 2 aromatic heterocycles. The molecule has 6 nitrogen and oxygen atoms in total. The minimum Gasteiger partial charge on any atom is -0.310 e. The zero-order valence-corrected chi connectivity index (χ0v) is 17.6. The van der Waals surface area contributed by atoms with Gasteiger partial charge in [0.15, 0.2) is 0 Å². The van der Waals surface area contributed by atoms with E-state index in [9.17, 15) is 4.79 Å². The van der Waals surface area contributed by atoms with Crippen LogP contribution in [0.15, 0.2) is 35.3 Å². The smallest absolute Gasteiger partial charge is 0.255 e. The summed E-state index contributed by atoms with van der Waals surface area (Å²) >= 11 is 0. The van der Waals surface area contributed by atoms with Crippen molar-refractivity contribution in [3.63, 3.8) is 0 Å². The van der Waals surface area contributed by atoms with Crippen LogP contribution in [0.1, 0.15) is 66.2 Å². The molecular weight excluding hydrogens is 374 g/mol. The highest BCUT2D eigenvalue weighted by atomic mass is 16.1. The maximum atomic E-state index is 12.9. The fourth-order valence-electron chi connectivity index (χ4n) is 4.85. The fraction of sp³-hybridized carbons (Fsp3) is 0.458. The number of aromatic nitrogens is 4. The summed E-state index contributed by atoms with van der Waals surface area (Å²) in [7, 11) is 0. The molecule has 5 rings (SSSR count). The van der Waals surface area contributed by atoms with E-state index in [1.807, 2.05) is 6.20 Å². The molecule has 1 saturated carbocycles. The Morgan fingerprint density at radius 2 is 1.93 bits per heavy atom. The summed E-state index contributed by atoms with van der Waals surface area (Å²) in [4.78, 5) is 23.2. The normalized spacial score (nSPS) is 17.8. The maximum Gasteiger partial charge on any atom is 0.255 e. The molecule has 0 unspecified atom stereocenters. The van der Waals surface area contributed by atoms with Crippen LogP contribution in [0.3, 0.4) is 0 Å². The van der Waals surface area contributed by atoms with Crippen LogP contribution in [0, 0.1) is 6.92 Å². The average Bonchev–Trinajstić information content (AvgIpc) is 3.23. The minimum atomic E-state index is 0.0521. The van der Waals surface area contributed by atoms with E-state index in [-0.39, 0.29) is 5.56 Å². The number of nitrogens with zero attached hydrogens (tertiary/aromatic N) is 3. The summed E-state index contributed by atoms with van der Waals surface area (Å²) in [6, 6.07) is 8.48. The number of aromatic amines is 2. The number of fused-ring (bicyclic) bond motifs is 1. The van der Waals surface area contributed by atoms with Crippen molar-refractivity contribution in [1.82, 2.24) is 25.1 Å². The van der Waals surface area contributed by atoms with Gasteiger partial charge in [-0.25, -0.2) is 4.98 Å². The van der Waals surface area contributed by atoms with Gasteiger partial charge in [-0.1, -0.05) is 49.1 Å². The summed E-state index contributed by atoms with van der Waals surface area (Å²) < 4.78 is 0. The molecule has 156 valence electrons. The Morgan fingerprint density at radius 3 is 2.73 bits per heavy atom. The zero-order valence-electron chi connectivity index (χ0n) is 17.6. The first-order valence-electron chi connectivity index (χ1n) is 11.1. The van der Waals surface area contributed by atoms with Gasteiger partial charge >= 0.3 is 0 Å². The van der Waals surface area contributed by atoms with E-state index in [1.165, 1.54) is 24.8 Å². The minimum absolute atomic E-state index is 0.0521. The fourth-order valence-corrected chi connectivity index (χ4v) is 4.85. The molecule has 1 fully saturated rings. The third kappa shape index (κ3) is 3.84. The van der Waals surface area contributed by atoms with Crippen LogP contribution in [0.5, 0.6) is 0 Å². The third-order valence-electron chi connectivity index (χ3n) is 6.61. The van der Waals surface area contributed by atoms with Crippen LogP contribution in [0.4, 0.5) is 0 Å². The number of hydrogen-bond acceptors (Lipinski definition) is 4. The highest BCUT2D eigenvalue weighted by Gasteiger charge is 2.25. The van der Waals surface area contributed by atoms with E-state index < -0.39 is 0 Å². The molecular formula is C24H29N5O. The van der Waals surface area contributed by atoms with Crippen molar-refractivity contribution in [3.8, 4) is 11.3 Å². The number of benzene rings is 1. The third-order valence-corrected chi connectivity index (χ3v) is 6.61. The first-order valence-corrected chi connectivity index (χ1v) is 11.1. The Morgan fingerprint density at radius 1 is 1.13 bits per heavy atom. The monoisotopic (exact) mass is 403 g/mol. The SMILES string of the molecule is Cc1ccc(-c2[nH]ncc2CN2CCc3nc(C4CCCCC4)[nH]c(=O)c3C2)cc1. The molecule has 0 amide bonds. The van der Waals surface area contributed by atoms with Gasteiger partial charge in [0.2, 0.25) is 0 Å². The molecule has 1 aromatic carbocycles. The van der Waals surface area contributed by atoms with E-state index in [1.54, 1.807) is 0 Å². The predicted octanol–water partition coefficient (Wildman–Crippen LogP) is 4.07. The standard InChI is InChI=1S/C24H29N5O/c1-16-7-9-17(10-8-16)22-19(13-25-28-22)14-29-12-11-21-20(15-29)24(30)27-23(26-21)18-5-3-2-4-6-18/h7-10,13,18H,2-6,11-12,14-15H2,1H3,(H,25,28)(H,26,27,30). The number of rotatable bonds is 4. The molecule has 3 aromatic rings. The van der Waals surface area contributed by atoms with Crippen molar-refractivity contribution >= 4 is 0 Å². The lowest BCUT2D eigenvalue weighted by Gasteiger charge is -2.28. The van der Waals surface area contributed by atoms with Crippen molar-refractivity contribution in [3.05, 3.63) is 69.0 Å². The summed E-state index contributed by atoms with van der Waals surface area (Å²) in [5, 5.41) is 7.43. The number of H-pyrrole nitrogens is 2. The van der Waals surface area contributed by atoms with Crippen LogP contribution >= 0.6 is 0 Å². The molecule has 6 heteroatoms. The lowest BCUT2D eigenvalue weighted by Crippen LogP contribution is -2.36. The van der Waals surface area contributed by atoms with Crippen molar-refractivity contribution in [2.75, 3.05) is 6.54 Å². The van der Waals surface area contributed by atoms with Crippen molar-refractivity contribution < 1.29 is 0 Å². The first kappa shape index (κ1) is 19.2. The van der Waals surface area contributed by atoms with Crippen LogP contribution in [-0.2, 0) is 19.5 Å². The van der Waals surface area contributed by atoms with Crippen molar-refractivity contribution in [1.29, 1.82) is 0 Å². The van der Waals surface area contributed by atoms with Gasteiger partial charge in [0.25, 0.3) is 5.56 Å². The second kappa shape index (κ2) is 8.19. The van der Waals surface area contributed by atoms with Gasteiger partial charge in [0, 0.05) is 37.5 Å². The van der Waals surface area contributed by atoms with E-state index in [4.69, 9.17) is 4.98 Å². The summed E-state index contributed by atoms with van der Waals surface area (Å²) in [5.74, 6) is 1.35. The second-order valence-electron chi connectivity index (χ2n) is 8.81. The second-order valence-corrected chi connectivity index (χ2v) is 8.81. The maximum absolute atomic E-state index is 12.9. The van der Waals surface area contributed by atoms with Gasteiger partial charge in [-0.3, -0.25) is 14.8 Å². The highest BCUT2D eigenvalue weighted by molar-refractivity contribution is 5.62. The molecule has 2 N–H and O–H groups in total. The topological polar surface area (TPSA) is 77.7 Å². The Hall–Kier alpha value is -2.73. The summed E-state index contributed by atoms with van der Waals surface area (Å²) in [6.45, 7) is 4.41. The summed E-state index contributed by atoms with van der Waals surface area (Å²) in [6.07, 6.45) is 8.82. The van der Waals surface area contributed by atoms with Crippen LogP contribution < -0.4 is 5.56 Å². The van der Waals surface area contributed by atoms with E-state index in [2.05, 4.69) is 51.3 Å². The predicted molar refractivity (Wildman–Crippen MR) is 117 cm³/mol. The Labute approximate surface area is 176 Å². The van der Waals surface area contributed by atoms with Gasteiger partial charge in [-0.05, 0) is 25.3 Å². The molecule has 0 radical (unpaired) electrons. The lowest BCUT2D eigenvalue weighted by atomic mass is 9.88. The molecule has 30 heavy (non-hydrogen) atoms. The van der Waals surface area contributed by atoms with E-state index in [0.717, 1.165) is 66.3 Å². The highest BCUT2D eigenvalue weighted by Crippen LogP contribution is 2.31. The number of nitrogens with one attached hydrogen (secondary N) is 2. The zero-order chi connectivity index (χ0) is 20.5. The molecule has 3 heterocycles. The van der Waals surface area contributed by atoms with E-state index in [0.29, 0.717) is 12.5 Å². The van der Waals surface area contributed by atoms with Crippen LogP contribution in [0.25, 0.3) is 11.3 Å². The summed E-state index contributed by atoms with van der Waals surface area (Å²) in [5.41, 5.74) is 6.49. The largest absolute Gasteiger partial charge is 0.310 e. The van der Waals surface area contributed by atoms with Gasteiger partial charge < -0.3 is 4.98 Å². The molecule has 1 aliphatic carbocycles. The van der Waals surface area contributed by atoms with E-state index >= 15 is 0 Å². The Balaban J connectivity index is 1.34. The van der Waals surface area contributed by atoms with Crippen molar-refractivity contribution in [2.24, 2.45) is 0 Å². The number of hydrogen-bond donors (Lipinski definition) is 2. The Bertz CT molecular complexity index is 1080. The van der Waals surface area contributed by atoms with Gasteiger partial charge in [0.05, 0.1) is 23.1 Å². The average molecular weight is 404 g/mol. The van der Waals surface area contributed by atoms with Gasteiger partial charge in [-0.15, -0.1) is 0 Å². The number of aryl methyl sites for hydroxylation is 1. The van der Waals surface area contributed by atoms with Crippen LogP contribution in [0.2, 0.25) is 0 Å². The molecule has 0 bridgehead atoms. The lowest BCUT2D eigenvalue weighted by molar-refractivity contribution is 0.241. The molecule has 0 atom stereocenters. The van der Waals surface area contributed by atoms with Crippen LogP contribution in [-0.4, -0.2) is 31.6 Å². The van der Waals surface area contributed by atoms with Gasteiger partial charge in [-0.2, -0.15) is 5.10 Å². The molecule has 0 spiro atoms.